The molecule has 3 nitrogen and oxygen atoms in total. The molecule has 0 aliphatic rings. The quantitative estimate of drug-likeness (QED) is 0.874. The molecule has 0 atom stereocenters. The highest BCUT2D eigenvalue weighted by Crippen LogP contribution is 2.18. The van der Waals surface area contributed by atoms with Gasteiger partial charge in [0.2, 0.25) is 5.91 Å². The first-order chi connectivity index (χ1) is 7.63. The fraction of sp³-hybridized carbons (Fsp3) is 0.364. The Morgan fingerprint density at radius 3 is 2.88 bits per heavy atom. The number of carbonyl (C=O) groups is 1. The molecule has 0 aliphatic heterocycles. The van der Waals surface area contributed by atoms with E-state index in [1.54, 1.807) is 12.1 Å². The summed E-state index contributed by atoms with van der Waals surface area (Å²) < 4.78 is 13.5. The molecule has 0 fully saturated rings. The van der Waals surface area contributed by atoms with E-state index in [0.29, 0.717) is 16.7 Å². The van der Waals surface area contributed by atoms with E-state index < -0.39 is 0 Å². The molecule has 0 heterocycles. The van der Waals surface area contributed by atoms with Gasteiger partial charge in [-0.15, -0.1) is 0 Å². The maximum Gasteiger partial charge on any atom is 0.239 e. The van der Waals surface area contributed by atoms with Gasteiger partial charge in [-0.2, -0.15) is 0 Å². The van der Waals surface area contributed by atoms with Crippen molar-refractivity contribution >= 4 is 27.5 Å². The van der Waals surface area contributed by atoms with Crippen LogP contribution in [0.25, 0.3) is 0 Å². The molecule has 0 spiro atoms. The molecule has 0 bridgehead atoms. The van der Waals surface area contributed by atoms with Crippen molar-refractivity contribution in [2.75, 3.05) is 18.4 Å². The molecule has 1 aromatic rings. The van der Waals surface area contributed by atoms with E-state index in [2.05, 4.69) is 26.6 Å². The molecular formula is C11H14BrFN2O. The Kier molecular flexibility index (Phi) is 5.25. The Morgan fingerprint density at radius 2 is 2.25 bits per heavy atom. The predicted octanol–water partition coefficient (Wildman–Crippen LogP) is 2.53. The van der Waals surface area contributed by atoms with Gasteiger partial charge in [0.1, 0.15) is 5.82 Å². The second-order valence-corrected chi connectivity index (χ2v) is 4.19. The highest BCUT2D eigenvalue weighted by atomic mass is 79.9. The summed E-state index contributed by atoms with van der Waals surface area (Å²) in [6.45, 7) is 2.80. The minimum atomic E-state index is -0.348. The molecule has 1 aromatic carbocycles. The molecule has 0 unspecified atom stereocenters. The summed E-state index contributed by atoms with van der Waals surface area (Å²) >= 11 is 3.06. The first-order valence-electron chi connectivity index (χ1n) is 5.09. The molecule has 0 aliphatic carbocycles. The van der Waals surface area contributed by atoms with Crippen LogP contribution >= 0.6 is 15.9 Å². The largest absolute Gasteiger partial charge is 0.376 e. The van der Waals surface area contributed by atoms with E-state index in [4.69, 9.17) is 0 Å². The van der Waals surface area contributed by atoms with Crippen LogP contribution in [0.5, 0.6) is 0 Å². The van der Waals surface area contributed by atoms with Gasteiger partial charge in [0.05, 0.1) is 11.0 Å². The van der Waals surface area contributed by atoms with E-state index in [1.807, 2.05) is 6.92 Å². The monoisotopic (exact) mass is 288 g/mol. The number of hydrogen-bond donors (Lipinski definition) is 2. The summed E-state index contributed by atoms with van der Waals surface area (Å²) in [5.41, 5.74) is 0.590. The lowest BCUT2D eigenvalue weighted by Gasteiger charge is -2.07. The molecule has 2 N–H and O–H groups in total. The van der Waals surface area contributed by atoms with Crippen molar-refractivity contribution < 1.29 is 9.18 Å². The second kappa shape index (κ2) is 6.48. The number of benzene rings is 1. The molecule has 0 radical (unpaired) electrons. The zero-order valence-corrected chi connectivity index (χ0v) is 10.6. The molecule has 1 amide bonds. The Bertz CT molecular complexity index is 371. The number of nitrogens with one attached hydrogen (secondary N) is 2. The van der Waals surface area contributed by atoms with Crippen molar-refractivity contribution in [2.24, 2.45) is 0 Å². The van der Waals surface area contributed by atoms with Crippen LogP contribution in [0.1, 0.15) is 13.3 Å². The molecule has 16 heavy (non-hydrogen) atoms. The molecule has 0 saturated heterocycles. The first kappa shape index (κ1) is 13.0. The number of anilines is 1. The first-order valence-corrected chi connectivity index (χ1v) is 5.88. The van der Waals surface area contributed by atoms with Crippen molar-refractivity contribution in [1.29, 1.82) is 0 Å². The van der Waals surface area contributed by atoms with E-state index >= 15 is 0 Å². The highest BCUT2D eigenvalue weighted by molar-refractivity contribution is 9.10. The maximum absolute atomic E-state index is 13.1. The van der Waals surface area contributed by atoms with E-state index in [-0.39, 0.29) is 18.3 Å². The van der Waals surface area contributed by atoms with Gasteiger partial charge in [0.25, 0.3) is 0 Å². The topological polar surface area (TPSA) is 41.1 Å². The third-order valence-electron chi connectivity index (χ3n) is 1.94. The molecular weight excluding hydrogens is 275 g/mol. The van der Waals surface area contributed by atoms with Gasteiger partial charge in [0.15, 0.2) is 0 Å². The van der Waals surface area contributed by atoms with Gasteiger partial charge in [-0.05, 0) is 40.5 Å². The molecule has 0 aromatic heterocycles. The normalized spacial score (nSPS) is 9.94. The minimum Gasteiger partial charge on any atom is -0.376 e. The standard InChI is InChI=1S/C11H14BrFN2O/c1-2-5-14-11(16)7-15-8-3-4-9(12)10(13)6-8/h3-4,6,15H,2,5,7H2,1H3,(H,14,16). The van der Waals surface area contributed by atoms with Crippen molar-refractivity contribution in [3.05, 3.63) is 28.5 Å². The summed E-state index contributed by atoms with van der Waals surface area (Å²) in [5.74, 6) is -0.441. The van der Waals surface area contributed by atoms with Gasteiger partial charge in [-0.1, -0.05) is 6.92 Å². The Hall–Kier alpha value is -1.10. The SMILES string of the molecule is CCCNC(=O)CNc1ccc(Br)c(F)c1. The molecule has 1 rings (SSSR count). The lowest BCUT2D eigenvalue weighted by atomic mass is 10.3. The summed E-state index contributed by atoms with van der Waals surface area (Å²) in [5, 5.41) is 5.57. The van der Waals surface area contributed by atoms with E-state index in [0.717, 1.165) is 6.42 Å². The molecule has 0 saturated carbocycles. The van der Waals surface area contributed by atoms with Gasteiger partial charge < -0.3 is 10.6 Å². The van der Waals surface area contributed by atoms with Crippen molar-refractivity contribution in [1.82, 2.24) is 5.32 Å². The Morgan fingerprint density at radius 1 is 1.50 bits per heavy atom. The zero-order chi connectivity index (χ0) is 12.0. The molecule has 5 heteroatoms. The average Bonchev–Trinajstić information content (AvgIpc) is 2.28. The number of carbonyl (C=O) groups excluding carboxylic acids is 1. The van der Waals surface area contributed by atoms with Gasteiger partial charge in [-0.25, -0.2) is 4.39 Å². The van der Waals surface area contributed by atoms with Gasteiger partial charge in [-0.3, -0.25) is 4.79 Å². The van der Waals surface area contributed by atoms with Crippen LogP contribution in [-0.2, 0) is 4.79 Å². The fourth-order valence-corrected chi connectivity index (χ4v) is 1.36. The predicted molar refractivity (Wildman–Crippen MR) is 65.9 cm³/mol. The van der Waals surface area contributed by atoms with Crippen LogP contribution in [0.2, 0.25) is 0 Å². The van der Waals surface area contributed by atoms with Crippen LogP contribution in [0.15, 0.2) is 22.7 Å². The lowest BCUT2D eigenvalue weighted by Crippen LogP contribution is -2.30. The number of amides is 1. The Labute approximate surface area is 103 Å². The van der Waals surface area contributed by atoms with Crippen molar-refractivity contribution in [2.45, 2.75) is 13.3 Å². The lowest BCUT2D eigenvalue weighted by molar-refractivity contribution is -0.119. The highest BCUT2D eigenvalue weighted by Gasteiger charge is 2.02. The van der Waals surface area contributed by atoms with Crippen molar-refractivity contribution in [3.8, 4) is 0 Å². The van der Waals surface area contributed by atoms with Gasteiger partial charge in [0, 0.05) is 12.2 Å². The van der Waals surface area contributed by atoms with Crippen LogP contribution < -0.4 is 10.6 Å². The molecule has 88 valence electrons. The third kappa shape index (κ3) is 4.18. The van der Waals surface area contributed by atoms with Crippen LogP contribution in [-0.4, -0.2) is 19.0 Å². The van der Waals surface area contributed by atoms with Crippen molar-refractivity contribution in [3.63, 3.8) is 0 Å². The zero-order valence-electron chi connectivity index (χ0n) is 9.02. The van der Waals surface area contributed by atoms with E-state index in [9.17, 15) is 9.18 Å². The second-order valence-electron chi connectivity index (χ2n) is 3.33. The minimum absolute atomic E-state index is 0.0924. The summed E-state index contributed by atoms with van der Waals surface area (Å²) in [7, 11) is 0. The summed E-state index contributed by atoms with van der Waals surface area (Å²) in [6, 6.07) is 4.65. The van der Waals surface area contributed by atoms with Crippen LogP contribution in [0, 0.1) is 5.82 Å². The number of halogens is 2. The van der Waals surface area contributed by atoms with Gasteiger partial charge >= 0.3 is 0 Å². The van der Waals surface area contributed by atoms with Crippen LogP contribution in [0.4, 0.5) is 10.1 Å². The third-order valence-corrected chi connectivity index (χ3v) is 2.59. The smallest absolute Gasteiger partial charge is 0.239 e. The van der Waals surface area contributed by atoms with E-state index in [1.165, 1.54) is 6.07 Å². The summed E-state index contributed by atoms with van der Waals surface area (Å²) in [4.78, 5) is 11.3. The maximum atomic E-state index is 13.1. The Balaban J connectivity index is 2.42. The fourth-order valence-electron chi connectivity index (χ4n) is 1.12. The number of hydrogen-bond acceptors (Lipinski definition) is 2. The average molecular weight is 289 g/mol. The van der Waals surface area contributed by atoms with Crippen LogP contribution in [0.3, 0.4) is 0 Å². The number of rotatable bonds is 5. The summed E-state index contributed by atoms with van der Waals surface area (Å²) in [6.07, 6.45) is 0.901.